The molecule has 1 fully saturated rings. The normalized spacial score (nSPS) is 14.8. The van der Waals surface area contributed by atoms with E-state index in [0.717, 1.165) is 15.5 Å². The Morgan fingerprint density at radius 2 is 1.89 bits per heavy atom. The number of imidazole rings is 1. The van der Waals surface area contributed by atoms with Crippen molar-refractivity contribution in [3.63, 3.8) is 0 Å². The number of amides is 2. The number of halogens is 1. The number of carbonyl (C=O) groups is 2. The summed E-state index contributed by atoms with van der Waals surface area (Å²) in [7, 11) is 0. The number of nitrogen functional groups attached to an aromatic ring is 1. The molecule has 35 heavy (non-hydrogen) atoms. The minimum Gasteiger partial charge on any atom is -0.444 e. The molecule has 2 amide bonds. The van der Waals surface area contributed by atoms with Crippen LogP contribution in [-0.4, -0.2) is 49.7 Å². The molecule has 1 aliphatic heterocycles. The smallest absolute Gasteiger partial charge is 0.410 e. The first-order chi connectivity index (χ1) is 16.6. The fraction of sp³-hybridized carbons (Fsp3) is 0.417. The zero-order valence-electron chi connectivity index (χ0n) is 20.0. The number of pyridine rings is 1. The molecule has 2 aromatic heterocycles. The van der Waals surface area contributed by atoms with Crippen LogP contribution in [0.2, 0.25) is 0 Å². The van der Waals surface area contributed by atoms with E-state index in [1.54, 1.807) is 21.6 Å². The standard InChI is InChI=1S/C24H29BrN6O4/c1-24(2,3)35-23(34)29-10-8-18(9-11-29)31-19-7-5-16(25)12-20(19)30(22(31)33)14-17-6-4-15(13-27-17)21(32)28-26/h4-7,12-13,18H,8-11,14,26H2,1-3H3,(H,28,32). The van der Waals surface area contributed by atoms with Gasteiger partial charge in [0.2, 0.25) is 0 Å². The van der Waals surface area contributed by atoms with E-state index in [1.807, 2.05) is 43.5 Å². The quantitative estimate of drug-likeness (QED) is 0.295. The molecule has 1 aliphatic rings. The summed E-state index contributed by atoms with van der Waals surface area (Å²) in [5.41, 5.74) is 3.97. The molecule has 10 nitrogen and oxygen atoms in total. The van der Waals surface area contributed by atoms with Gasteiger partial charge in [-0.1, -0.05) is 15.9 Å². The molecule has 0 aliphatic carbocycles. The molecule has 11 heteroatoms. The van der Waals surface area contributed by atoms with Crippen molar-refractivity contribution in [3.05, 3.63) is 62.7 Å². The summed E-state index contributed by atoms with van der Waals surface area (Å²) in [6, 6.07) is 9.04. The number of hydrazine groups is 1. The van der Waals surface area contributed by atoms with Gasteiger partial charge in [0.25, 0.3) is 5.91 Å². The molecule has 0 radical (unpaired) electrons. The van der Waals surface area contributed by atoms with Gasteiger partial charge in [-0.05, 0) is 63.9 Å². The number of hydrogen-bond donors (Lipinski definition) is 2. The molecule has 0 saturated carbocycles. The number of benzene rings is 1. The third-order valence-corrected chi connectivity index (χ3v) is 6.44. The van der Waals surface area contributed by atoms with Crippen LogP contribution in [0, 0.1) is 0 Å². The Kier molecular flexibility index (Phi) is 7.00. The molecule has 0 spiro atoms. The molecule has 0 bridgehead atoms. The fourth-order valence-electron chi connectivity index (χ4n) is 4.29. The van der Waals surface area contributed by atoms with E-state index in [2.05, 4.69) is 26.3 Å². The van der Waals surface area contributed by atoms with Crippen LogP contribution >= 0.6 is 15.9 Å². The van der Waals surface area contributed by atoms with Gasteiger partial charge in [0.15, 0.2) is 0 Å². The first-order valence-electron chi connectivity index (χ1n) is 11.4. The van der Waals surface area contributed by atoms with E-state index in [1.165, 1.54) is 6.20 Å². The Balaban J connectivity index is 1.61. The van der Waals surface area contributed by atoms with Gasteiger partial charge in [0.05, 0.1) is 28.8 Å². The number of nitrogens with one attached hydrogen (secondary N) is 1. The number of likely N-dealkylation sites (tertiary alicyclic amines) is 1. The summed E-state index contributed by atoms with van der Waals surface area (Å²) in [6.45, 7) is 6.82. The number of aromatic nitrogens is 3. The maximum absolute atomic E-state index is 13.6. The number of fused-ring (bicyclic) bond motifs is 1. The van der Waals surface area contributed by atoms with Crippen LogP contribution in [0.5, 0.6) is 0 Å². The summed E-state index contributed by atoms with van der Waals surface area (Å²) in [4.78, 5) is 43.8. The Labute approximate surface area is 211 Å². The summed E-state index contributed by atoms with van der Waals surface area (Å²) >= 11 is 3.51. The van der Waals surface area contributed by atoms with Crippen molar-refractivity contribution in [2.75, 3.05) is 13.1 Å². The van der Waals surface area contributed by atoms with E-state index in [9.17, 15) is 14.4 Å². The van der Waals surface area contributed by atoms with Gasteiger partial charge >= 0.3 is 11.8 Å². The maximum atomic E-state index is 13.6. The summed E-state index contributed by atoms with van der Waals surface area (Å²) in [6.07, 6.45) is 2.40. The number of nitrogens with two attached hydrogens (primary N) is 1. The zero-order valence-corrected chi connectivity index (χ0v) is 21.5. The predicted octanol–water partition coefficient (Wildman–Crippen LogP) is 3.18. The summed E-state index contributed by atoms with van der Waals surface area (Å²) in [5, 5.41) is 0. The van der Waals surface area contributed by atoms with Crippen LogP contribution in [-0.2, 0) is 11.3 Å². The van der Waals surface area contributed by atoms with E-state index in [0.29, 0.717) is 37.2 Å². The van der Waals surface area contributed by atoms with Crippen molar-refractivity contribution < 1.29 is 14.3 Å². The monoisotopic (exact) mass is 544 g/mol. The molecule has 3 heterocycles. The van der Waals surface area contributed by atoms with Crippen molar-refractivity contribution in [2.24, 2.45) is 5.84 Å². The van der Waals surface area contributed by atoms with Gasteiger partial charge in [-0.15, -0.1) is 0 Å². The Morgan fingerprint density at radius 3 is 2.49 bits per heavy atom. The van der Waals surface area contributed by atoms with E-state index >= 15 is 0 Å². The molecule has 1 saturated heterocycles. The second-order valence-electron chi connectivity index (χ2n) is 9.58. The van der Waals surface area contributed by atoms with Crippen molar-refractivity contribution in [1.29, 1.82) is 0 Å². The van der Waals surface area contributed by atoms with Gasteiger partial charge in [-0.3, -0.25) is 24.3 Å². The number of rotatable bonds is 4. The molecule has 0 unspecified atom stereocenters. The highest BCUT2D eigenvalue weighted by atomic mass is 79.9. The molecule has 3 N–H and O–H groups in total. The predicted molar refractivity (Wildman–Crippen MR) is 135 cm³/mol. The highest BCUT2D eigenvalue weighted by molar-refractivity contribution is 9.10. The average molecular weight is 545 g/mol. The largest absolute Gasteiger partial charge is 0.444 e. The molecule has 4 rings (SSSR count). The third kappa shape index (κ3) is 5.40. The van der Waals surface area contributed by atoms with Gasteiger partial charge < -0.3 is 9.64 Å². The van der Waals surface area contributed by atoms with Crippen molar-refractivity contribution in [3.8, 4) is 0 Å². The third-order valence-electron chi connectivity index (χ3n) is 5.94. The SMILES string of the molecule is CC(C)(C)OC(=O)N1CCC(n2c(=O)n(Cc3ccc(C(=O)NN)cn3)c3cc(Br)ccc32)CC1. The van der Waals surface area contributed by atoms with Crippen LogP contribution in [0.1, 0.15) is 55.7 Å². The van der Waals surface area contributed by atoms with Crippen LogP contribution in [0.3, 0.4) is 0 Å². The lowest BCUT2D eigenvalue weighted by atomic mass is 10.0. The van der Waals surface area contributed by atoms with Crippen molar-refractivity contribution in [1.82, 2.24) is 24.4 Å². The van der Waals surface area contributed by atoms with Crippen LogP contribution in [0.25, 0.3) is 11.0 Å². The second-order valence-corrected chi connectivity index (χ2v) is 10.5. The van der Waals surface area contributed by atoms with Gasteiger partial charge in [-0.25, -0.2) is 15.4 Å². The number of piperidine rings is 1. The average Bonchev–Trinajstić information content (AvgIpc) is 3.08. The lowest BCUT2D eigenvalue weighted by Gasteiger charge is -2.33. The van der Waals surface area contributed by atoms with Crippen LogP contribution in [0.4, 0.5) is 4.79 Å². The molecular formula is C24H29BrN6O4. The minimum atomic E-state index is -0.550. The van der Waals surface area contributed by atoms with Crippen LogP contribution < -0.4 is 17.0 Å². The molecule has 0 atom stereocenters. The minimum absolute atomic E-state index is 0.0466. The number of nitrogens with zero attached hydrogens (tertiary/aromatic N) is 4. The van der Waals surface area contributed by atoms with Crippen LogP contribution in [0.15, 0.2) is 45.8 Å². The van der Waals surface area contributed by atoms with Crippen molar-refractivity contribution in [2.45, 2.75) is 51.8 Å². The number of hydrogen-bond acceptors (Lipinski definition) is 6. The van der Waals surface area contributed by atoms with Gasteiger partial charge in [-0.2, -0.15) is 0 Å². The lowest BCUT2D eigenvalue weighted by Crippen LogP contribution is -2.43. The molecule has 186 valence electrons. The Morgan fingerprint density at radius 1 is 1.17 bits per heavy atom. The highest BCUT2D eigenvalue weighted by Crippen LogP contribution is 2.28. The first-order valence-corrected chi connectivity index (χ1v) is 12.2. The van der Waals surface area contributed by atoms with E-state index in [-0.39, 0.29) is 24.4 Å². The topological polar surface area (TPSA) is 124 Å². The van der Waals surface area contributed by atoms with E-state index in [4.69, 9.17) is 10.6 Å². The maximum Gasteiger partial charge on any atom is 0.410 e. The van der Waals surface area contributed by atoms with Crippen molar-refractivity contribution >= 4 is 39.0 Å². The molecule has 3 aromatic rings. The Bertz CT molecular complexity index is 1300. The van der Waals surface area contributed by atoms with E-state index < -0.39 is 11.5 Å². The van der Waals surface area contributed by atoms with Gasteiger partial charge in [0, 0.05) is 29.8 Å². The zero-order chi connectivity index (χ0) is 25.3. The van der Waals surface area contributed by atoms with Gasteiger partial charge in [0.1, 0.15) is 5.60 Å². The Hall–Kier alpha value is -3.18. The number of carbonyl (C=O) groups excluding carboxylic acids is 2. The number of ether oxygens (including phenoxy) is 1. The summed E-state index contributed by atoms with van der Waals surface area (Å²) in [5.74, 6) is 4.75. The lowest BCUT2D eigenvalue weighted by molar-refractivity contribution is 0.0188. The molecular weight excluding hydrogens is 516 g/mol. The molecule has 1 aromatic carbocycles. The highest BCUT2D eigenvalue weighted by Gasteiger charge is 2.30. The second kappa shape index (κ2) is 9.82. The fourth-order valence-corrected chi connectivity index (χ4v) is 4.64. The first kappa shape index (κ1) is 24.9. The summed E-state index contributed by atoms with van der Waals surface area (Å²) < 4.78 is 9.87.